The monoisotopic (exact) mass is 313 g/mol. The van der Waals surface area contributed by atoms with E-state index in [2.05, 4.69) is 25.2 Å². The molecule has 0 unspecified atom stereocenters. The molecule has 0 radical (unpaired) electrons. The van der Waals surface area contributed by atoms with Crippen molar-refractivity contribution < 1.29 is 9.47 Å². The summed E-state index contributed by atoms with van der Waals surface area (Å²) in [5.41, 5.74) is 2.16. The van der Waals surface area contributed by atoms with Gasteiger partial charge in [-0.25, -0.2) is 0 Å². The van der Waals surface area contributed by atoms with Crippen LogP contribution in [0.15, 0.2) is 48.5 Å². The van der Waals surface area contributed by atoms with Crippen LogP contribution in [0.2, 0.25) is 0 Å². The predicted octanol–water partition coefficient (Wildman–Crippen LogP) is 5.12. The Balaban J connectivity index is 2.00. The summed E-state index contributed by atoms with van der Waals surface area (Å²) in [5, 5.41) is 3.45. The Hall–Kier alpha value is -2.16. The van der Waals surface area contributed by atoms with Crippen LogP contribution in [0.3, 0.4) is 0 Å². The zero-order valence-corrected chi connectivity index (χ0v) is 14.3. The van der Waals surface area contributed by atoms with Crippen LogP contribution in [-0.4, -0.2) is 13.2 Å². The maximum absolute atomic E-state index is 5.94. The molecule has 124 valence electrons. The van der Waals surface area contributed by atoms with Crippen molar-refractivity contribution in [3.8, 4) is 11.5 Å². The van der Waals surface area contributed by atoms with Gasteiger partial charge in [-0.15, -0.1) is 0 Å². The van der Waals surface area contributed by atoms with Gasteiger partial charge in [0.25, 0.3) is 0 Å². The van der Waals surface area contributed by atoms with E-state index in [-0.39, 0.29) is 0 Å². The first-order valence-corrected chi connectivity index (χ1v) is 8.37. The minimum absolute atomic E-state index is 0.651. The first-order chi connectivity index (χ1) is 11.2. The molecule has 0 saturated heterocycles. The summed E-state index contributed by atoms with van der Waals surface area (Å²) in [6.07, 6.45) is 1.06. The van der Waals surface area contributed by atoms with E-state index in [4.69, 9.17) is 9.47 Å². The van der Waals surface area contributed by atoms with Crippen molar-refractivity contribution in [1.82, 2.24) is 0 Å². The van der Waals surface area contributed by atoms with Crippen LogP contribution in [0.4, 0.5) is 5.69 Å². The van der Waals surface area contributed by atoms with Crippen LogP contribution in [-0.2, 0) is 6.54 Å². The number of ether oxygens (including phenoxy) is 2. The SMILES string of the molecule is CCOc1ccccc1NCc1ccccc1OCCC(C)C. The number of nitrogens with one attached hydrogen (secondary N) is 1. The Kier molecular flexibility index (Phi) is 6.79. The highest BCUT2D eigenvalue weighted by molar-refractivity contribution is 5.56. The van der Waals surface area contributed by atoms with E-state index in [1.807, 2.05) is 49.4 Å². The van der Waals surface area contributed by atoms with Gasteiger partial charge in [0.2, 0.25) is 0 Å². The lowest BCUT2D eigenvalue weighted by molar-refractivity contribution is 0.287. The fraction of sp³-hybridized carbons (Fsp3) is 0.400. The van der Waals surface area contributed by atoms with Crippen molar-refractivity contribution >= 4 is 5.69 Å². The highest BCUT2D eigenvalue weighted by atomic mass is 16.5. The number of benzene rings is 2. The fourth-order valence-electron chi connectivity index (χ4n) is 2.28. The molecule has 3 nitrogen and oxygen atoms in total. The lowest BCUT2D eigenvalue weighted by atomic mass is 10.1. The van der Waals surface area contributed by atoms with Gasteiger partial charge in [0.1, 0.15) is 11.5 Å². The van der Waals surface area contributed by atoms with Crippen molar-refractivity contribution in [3.05, 3.63) is 54.1 Å². The third kappa shape index (κ3) is 5.51. The molecule has 3 heteroatoms. The van der Waals surface area contributed by atoms with Gasteiger partial charge in [-0.05, 0) is 37.5 Å². The number of anilines is 1. The largest absolute Gasteiger partial charge is 0.493 e. The zero-order valence-electron chi connectivity index (χ0n) is 14.3. The third-order valence-corrected chi connectivity index (χ3v) is 3.58. The van der Waals surface area contributed by atoms with Crippen molar-refractivity contribution in [3.63, 3.8) is 0 Å². The Morgan fingerprint density at radius 2 is 1.61 bits per heavy atom. The molecule has 0 aliphatic heterocycles. The fourth-order valence-corrected chi connectivity index (χ4v) is 2.28. The normalized spacial score (nSPS) is 10.6. The van der Waals surface area contributed by atoms with E-state index in [0.29, 0.717) is 19.1 Å². The average Bonchev–Trinajstić information content (AvgIpc) is 2.55. The molecule has 0 aliphatic rings. The van der Waals surface area contributed by atoms with Crippen molar-refractivity contribution in [2.45, 2.75) is 33.7 Å². The van der Waals surface area contributed by atoms with Gasteiger partial charge >= 0.3 is 0 Å². The Labute approximate surface area is 139 Å². The van der Waals surface area contributed by atoms with Crippen molar-refractivity contribution in [2.75, 3.05) is 18.5 Å². The van der Waals surface area contributed by atoms with E-state index in [1.165, 1.54) is 0 Å². The van der Waals surface area contributed by atoms with Crippen molar-refractivity contribution in [1.29, 1.82) is 0 Å². The van der Waals surface area contributed by atoms with Crippen LogP contribution >= 0.6 is 0 Å². The summed E-state index contributed by atoms with van der Waals surface area (Å²) in [5.74, 6) is 2.49. The highest BCUT2D eigenvalue weighted by Gasteiger charge is 2.06. The summed E-state index contributed by atoms with van der Waals surface area (Å²) < 4.78 is 11.6. The zero-order chi connectivity index (χ0) is 16.5. The summed E-state index contributed by atoms with van der Waals surface area (Å²) >= 11 is 0. The molecule has 0 aromatic heterocycles. The van der Waals surface area contributed by atoms with Gasteiger partial charge in [0.05, 0.1) is 18.9 Å². The molecule has 0 saturated carbocycles. The Bertz CT molecular complexity index is 596. The van der Waals surface area contributed by atoms with Gasteiger partial charge in [0.15, 0.2) is 0 Å². The van der Waals surface area contributed by atoms with E-state index in [9.17, 15) is 0 Å². The second kappa shape index (κ2) is 9.09. The Morgan fingerprint density at radius 3 is 2.35 bits per heavy atom. The molecule has 2 aromatic rings. The van der Waals surface area contributed by atoms with Crippen LogP contribution < -0.4 is 14.8 Å². The van der Waals surface area contributed by atoms with E-state index < -0.39 is 0 Å². The van der Waals surface area contributed by atoms with Crippen LogP contribution in [0.5, 0.6) is 11.5 Å². The smallest absolute Gasteiger partial charge is 0.142 e. The van der Waals surface area contributed by atoms with Gasteiger partial charge in [-0.2, -0.15) is 0 Å². The van der Waals surface area contributed by atoms with Crippen LogP contribution in [0, 0.1) is 5.92 Å². The molecule has 0 heterocycles. The second-order valence-electron chi connectivity index (χ2n) is 5.92. The molecule has 0 spiro atoms. The molecule has 1 N–H and O–H groups in total. The molecule has 2 aromatic carbocycles. The lowest BCUT2D eigenvalue weighted by Crippen LogP contribution is -2.07. The van der Waals surface area contributed by atoms with E-state index >= 15 is 0 Å². The van der Waals surface area contributed by atoms with Crippen LogP contribution in [0.1, 0.15) is 32.8 Å². The lowest BCUT2D eigenvalue weighted by Gasteiger charge is -2.15. The quantitative estimate of drug-likeness (QED) is 0.697. The maximum Gasteiger partial charge on any atom is 0.142 e. The topological polar surface area (TPSA) is 30.5 Å². The minimum atomic E-state index is 0.651. The van der Waals surface area contributed by atoms with Crippen LogP contribution in [0.25, 0.3) is 0 Å². The van der Waals surface area contributed by atoms with E-state index in [1.54, 1.807) is 0 Å². The Morgan fingerprint density at radius 1 is 0.913 bits per heavy atom. The number of hydrogen-bond acceptors (Lipinski definition) is 3. The first kappa shape index (κ1) is 17.2. The molecule has 0 bridgehead atoms. The summed E-state index contributed by atoms with van der Waals surface area (Å²) in [6.45, 7) is 8.54. The standard InChI is InChI=1S/C20H27NO2/c1-4-22-20-12-8-6-10-18(20)21-15-17-9-5-7-11-19(17)23-14-13-16(2)3/h5-12,16,21H,4,13-15H2,1-3H3. The number of rotatable bonds is 9. The third-order valence-electron chi connectivity index (χ3n) is 3.58. The molecular formula is C20H27NO2. The molecule has 0 amide bonds. The van der Waals surface area contributed by atoms with Gasteiger partial charge in [-0.1, -0.05) is 44.2 Å². The summed E-state index contributed by atoms with van der Waals surface area (Å²) in [6, 6.07) is 16.2. The number of hydrogen-bond donors (Lipinski definition) is 1. The molecule has 0 fully saturated rings. The molecule has 0 atom stereocenters. The van der Waals surface area contributed by atoms with Gasteiger partial charge < -0.3 is 14.8 Å². The molecule has 0 aliphatic carbocycles. The minimum Gasteiger partial charge on any atom is -0.493 e. The molecule has 2 rings (SSSR count). The number of para-hydroxylation sites is 3. The maximum atomic E-state index is 5.94. The van der Waals surface area contributed by atoms with Gasteiger partial charge in [-0.3, -0.25) is 0 Å². The molecular weight excluding hydrogens is 286 g/mol. The predicted molar refractivity (Wildman–Crippen MR) is 96.3 cm³/mol. The highest BCUT2D eigenvalue weighted by Crippen LogP contribution is 2.26. The second-order valence-corrected chi connectivity index (χ2v) is 5.92. The summed E-state index contributed by atoms with van der Waals surface area (Å²) in [4.78, 5) is 0. The van der Waals surface area contributed by atoms with E-state index in [0.717, 1.165) is 35.8 Å². The average molecular weight is 313 g/mol. The first-order valence-electron chi connectivity index (χ1n) is 8.37. The summed E-state index contributed by atoms with van der Waals surface area (Å²) in [7, 11) is 0. The molecule has 23 heavy (non-hydrogen) atoms. The van der Waals surface area contributed by atoms with Gasteiger partial charge in [0, 0.05) is 12.1 Å². The van der Waals surface area contributed by atoms with Crippen molar-refractivity contribution in [2.24, 2.45) is 5.92 Å².